The number of nitrogens with zero attached hydrogens (tertiary/aromatic N) is 3. The molecule has 10 nitrogen and oxygen atoms in total. The van der Waals surface area contributed by atoms with E-state index in [1.165, 1.54) is 6.92 Å². The van der Waals surface area contributed by atoms with Crippen molar-refractivity contribution in [1.82, 2.24) is 15.3 Å². The van der Waals surface area contributed by atoms with Crippen LogP contribution in [0.15, 0.2) is 18.3 Å². The third-order valence-corrected chi connectivity index (χ3v) is 2.15. The molecule has 1 heterocycles. The molecule has 0 bridgehead atoms. The molecule has 0 fully saturated rings. The average molecular weight is 281 g/mol. The monoisotopic (exact) mass is 281 g/mol. The summed E-state index contributed by atoms with van der Waals surface area (Å²) in [5, 5.41) is 12.9. The first-order valence-corrected chi connectivity index (χ1v) is 5.29. The van der Waals surface area contributed by atoms with Crippen LogP contribution in [0.25, 0.3) is 0 Å². The van der Waals surface area contributed by atoms with Crippen molar-refractivity contribution in [2.75, 3.05) is 6.54 Å². The van der Waals surface area contributed by atoms with E-state index in [0.29, 0.717) is 0 Å². The van der Waals surface area contributed by atoms with Gasteiger partial charge in [-0.3, -0.25) is 24.5 Å². The minimum absolute atomic E-state index is 0.228. The molecule has 0 atom stereocenters. The lowest BCUT2D eigenvalue weighted by Gasteiger charge is -2.14. The SMILES string of the molecule is CC(=O)NCC(=O)N(N)C(=O)c1ccc([N+](=O)[O-])cn1. The summed E-state index contributed by atoms with van der Waals surface area (Å²) < 4.78 is 0. The predicted molar refractivity (Wildman–Crippen MR) is 64.9 cm³/mol. The third-order valence-electron chi connectivity index (χ3n) is 2.15. The smallest absolute Gasteiger partial charge is 0.293 e. The number of rotatable bonds is 4. The van der Waals surface area contributed by atoms with Gasteiger partial charge >= 0.3 is 0 Å². The first-order chi connectivity index (χ1) is 9.32. The number of nitrogens with two attached hydrogens (primary N) is 1. The van der Waals surface area contributed by atoms with E-state index in [1.54, 1.807) is 0 Å². The number of amides is 3. The molecule has 3 N–H and O–H groups in total. The molecular weight excluding hydrogens is 270 g/mol. The van der Waals surface area contributed by atoms with Crippen LogP contribution in [0, 0.1) is 10.1 Å². The summed E-state index contributed by atoms with van der Waals surface area (Å²) in [5.74, 6) is 3.06. The van der Waals surface area contributed by atoms with Crippen molar-refractivity contribution >= 4 is 23.4 Å². The summed E-state index contributed by atoms with van der Waals surface area (Å²) in [4.78, 5) is 47.1. The van der Waals surface area contributed by atoms with Crippen molar-refractivity contribution in [2.45, 2.75) is 6.92 Å². The Morgan fingerprint density at radius 1 is 1.45 bits per heavy atom. The van der Waals surface area contributed by atoms with Gasteiger partial charge < -0.3 is 5.32 Å². The molecule has 106 valence electrons. The Balaban J connectivity index is 2.75. The number of carbonyl (C=O) groups is 3. The number of nitrogens with one attached hydrogen (secondary N) is 1. The maximum Gasteiger partial charge on any atom is 0.293 e. The minimum atomic E-state index is -0.935. The lowest BCUT2D eigenvalue weighted by molar-refractivity contribution is -0.385. The molecule has 0 aliphatic rings. The zero-order chi connectivity index (χ0) is 15.3. The molecule has 0 saturated carbocycles. The van der Waals surface area contributed by atoms with E-state index >= 15 is 0 Å². The summed E-state index contributed by atoms with van der Waals surface area (Å²) >= 11 is 0. The highest BCUT2D eigenvalue weighted by Gasteiger charge is 2.21. The zero-order valence-corrected chi connectivity index (χ0v) is 10.4. The topological polar surface area (TPSA) is 149 Å². The van der Waals surface area contributed by atoms with Gasteiger partial charge in [0.25, 0.3) is 17.5 Å². The second-order valence-corrected chi connectivity index (χ2v) is 3.64. The van der Waals surface area contributed by atoms with Crippen LogP contribution in [-0.4, -0.2) is 39.2 Å². The van der Waals surface area contributed by atoms with E-state index < -0.39 is 29.2 Å². The number of hydrogen-bond donors (Lipinski definition) is 2. The Morgan fingerprint density at radius 3 is 2.55 bits per heavy atom. The summed E-state index contributed by atoms with van der Waals surface area (Å²) in [5.41, 5.74) is -0.524. The molecule has 1 aromatic heterocycles. The first kappa shape index (κ1) is 15.2. The molecule has 0 unspecified atom stereocenters. The van der Waals surface area contributed by atoms with Crippen molar-refractivity contribution in [2.24, 2.45) is 5.84 Å². The van der Waals surface area contributed by atoms with Gasteiger partial charge in [-0.2, -0.15) is 0 Å². The lowest BCUT2D eigenvalue weighted by Crippen LogP contribution is -2.47. The highest BCUT2D eigenvalue weighted by Crippen LogP contribution is 2.09. The number of nitro groups is 1. The number of hydrogen-bond acceptors (Lipinski definition) is 7. The van der Waals surface area contributed by atoms with Crippen LogP contribution in [0.4, 0.5) is 5.69 Å². The van der Waals surface area contributed by atoms with E-state index in [0.717, 1.165) is 18.3 Å². The lowest BCUT2D eigenvalue weighted by atomic mass is 10.3. The Labute approximate surface area is 112 Å². The highest BCUT2D eigenvalue weighted by molar-refractivity contribution is 6.04. The fourth-order valence-electron chi connectivity index (χ4n) is 1.14. The van der Waals surface area contributed by atoms with Gasteiger partial charge in [0.1, 0.15) is 11.9 Å². The van der Waals surface area contributed by atoms with Crippen LogP contribution < -0.4 is 11.2 Å². The van der Waals surface area contributed by atoms with Gasteiger partial charge in [-0.25, -0.2) is 15.8 Å². The maximum absolute atomic E-state index is 11.7. The first-order valence-electron chi connectivity index (χ1n) is 5.29. The van der Waals surface area contributed by atoms with Crippen LogP contribution in [-0.2, 0) is 9.59 Å². The van der Waals surface area contributed by atoms with Crippen molar-refractivity contribution in [3.05, 3.63) is 34.1 Å². The van der Waals surface area contributed by atoms with E-state index in [1.807, 2.05) is 0 Å². The fraction of sp³-hybridized carbons (Fsp3) is 0.200. The molecule has 0 radical (unpaired) electrons. The van der Waals surface area contributed by atoms with Gasteiger partial charge in [0.2, 0.25) is 5.91 Å². The molecule has 3 amide bonds. The van der Waals surface area contributed by atoms with Crippen molar-refractivity contribution in [3.8, 4) is 0 Å². The standard InChI is InChI=1S/C10H11N5O5/c1-6(16)12-5-9(17)14(11)10(18)8-3-2-7(4-13-8)15(19)20/h2-4H,5,11H2,1H3,(H,12,16). The van der Waals surface area contributed by atoms with Gasteiger partial charge in [-0.05, 0) is 6.07 Å². The van der Waals surface area contributed by atoms with Gasteiger partial charge in [0.05, 0.1) is 11.5 Å². The molecule has 0 aliphatic carbocycles. The van der Waals surface area contributed by atoms with Gasteiger partial charge in [-0.15, -0.1) is 0 Å². The van der Waals surface area contributed by atoms with Gasteiger partial charge in [0.15, 0.2) is 0 Å². The quantitative estimate of drug-likeness (QED) is 0.310. The normalized spacial score (nSPS) is 9.70. The second kappa shape index (κ2) is 6.33. The average Bonchev–Trinajstić information content (AvgIpc) is 2.43. The van der Waals surface area contributed by atoms with Crippen molar-refractivity contribution in [3.63, 3.8) is 0 Å². The number of aromatic nitrogens is 1. The van der Waals surface area contributed by atoms with E-state index in [2.05, 4.69) is 10.3 Å². The Hall–Kier alpha value is -2.88. The van der Waals surface area contributed by atoms with Crippen LogP contribution in [0.5, 0.6) is 0 Å². The van der Waals surface area contributed by atoms with Crippen LogP contribution in [0.3, 0.4) is 0 Å². The molecule has 0 aliphatic heterocycles. The Bertz CT molecular complexity index is 556. The summed E-state index contributed by atoms with van der Waals surface area (Å²) in [7, 11) is 0. The summed E-state index contributed by atoms with van der Waals surface area (Å²) in [6.45, 7) is 0.762. The minimum Gasteiger partial charge on any atom is -0.347 e. The van der Waals surface area contributed by atoms with Gasteiger partial charge in [0, 0.05) is 13.0 Å². The Morgan fingerprint density at radius 2 is 2.10 bits per heavy atom. The number of pyridine rings is 1. The number of carbonyl (C=O) groups excluding carboxylic acids is 3. The van der Waals surface area contributed by atoms with E-state index in [9.17, 15) is 24.5 Å². The number of imide groups is 1. The third kappa shape index (κ3) is 3.81. The van der Waals surface area contributed by atoms with Crippen LogP contribution >= 0.6 is 0 Å². The molecule has 10 heteroatoms. The molecule has 20 heavy (non-hydrogen) atoms. The number of hydrazine groups is 1. The van der Waals surface area contributed by atoms with Crippen molar-refractivity contribution < 1.29 is 19.3 Å². The predicted octanol–water partition coefficient (Wildman–Crippen LogP) is -1.03. The highest BCUT2D eigenvalue weighted by atomic mass is 16.6. The molecular formula is C10H11N5O5. The molecule has 1 rings (SSSR count). The maximum atomic E-state index is 11.7. The Kier molecular flexibility index (Phi) is 4.81. The molecule has 0 aromatic carbocycles. The van der Waals surface area contributed by atoms with Gasteiger partial charge in [-0.1, -0.05) is 0 Å². The fourth-order valence-corrected chi connectivity index (χ4v) is 1.14. The summed E-state index contributed by atoms with van der Waals surface area (Å²) in [6.07, 6.45) is 0.874. The largest absolute Gasteiger partial charge is 0.347 e. The molecule has 1 aromatic rings. The van der Waals surface area contributed by atoms with E-state index in [4.69, 9.17) is 5.84 Å². The molecule has 0 saturated heterocycles. The van der Waals surface area contributed by atoms with Crippen LogP contribution in [0.1, 0.15) is 17.4 Å². The molecule has 0 spiro atoms. The van der Waals surface area contributed by atoms with E-state index in [-0.39, 0.29) is 16.4 Å². The zero-order valence-electron chi connectivity index (χ0n) is 10.4. The second-order valence-electron chi connectivity index (χ2n) is 3.64. The van der Waals surface area contributed by atoms with Crippen LogP contribution in [0.2, 0.25) is 0 Å². The van der Waals surface area contributed by atoms with Crippen molar-refractivity contribution in [1.29, 1.82) is 0 Å². The summed E-state index contributed by atoms with van der Waals surface area (Å²) in [6, 6.07) is 2.14.